The van der Waals surface area contributed by atoms with E-state index in [0.717, 1.165) is 4.90 Å². The molecule has 3 N–H and O–H groups in total. The maximum Gasteiger partial charge on any atom is 0.410 e. The van der Waals surface area contributed by atoms with Crippen molar-refractivity contribution < 1.29 is 38.9 Å². The Kier molecular flexibility index (Phi) is 7.70. The van der Waals surface area contributed by atoms with Gasteiger partial charge in [0.15, 0.2) is 0 Å². The summed E-state index contributed by atoms with van der Waals surface area (Å²) in [5.41, 5.74) is -1.48. The maximum absolute atomic E-state index is 12.6. The lowest BCUT2D eigenvalue weighted by Crippen LogP contribution is -2.48. The molecule has 0 aromatic carbocycles. The maximum atomic E-state index is 12.6. The van der Waals surface area contributed by atoms with E-state index in [9.17, 15) is 29.4 Å². The lowest BCUT2D eigenvalue weighted by Gasteiger charge is -2.31. The smallest absolute Gasteiger partial charge is 0.410 e. The average Bonchev–Trinajstić information content (AvgIpc) is 2.93. The number of nitrogens with one attached hydrogen (secondary N) is 1. The van der Waals surface area contributed by atoms with Crippen molar-refractivity contribution >= 4 is 24.2 Å². The van der Waals surface area contributed by atoms with Gasteiger partial charge in [0.2, 0.25) is 0 Å². The fourth-order valence-electron chi connectivity index (χ4n) is 2.82. The lowest BCUT2D eigenvalue weighted by atomic mass is 10.1. The van der Waals surface area contributed by atoms with Gasteiger partial charge in [0.1, 0.15) is 17.2 Å². The van der Waals surface area contributed by atoms with Crippen LogP contribution in [0.2, 0.25) is 0 Å². The van der Waals surface area contributed by atoms with E-state index in [0.29, 0.717) is 0 Å². The molecule has 0 spiro atoms. The lowest BCUT2D eigenvalue weighted by molar-refractivity contribution is -0.141. The number of carboxylic acid groups (broad SMARTS) is 2. The van der Waals surface area contributed by atoms with Crippen LogP contribution in [0, 0.1) is 0 Å². The van der Waals surface area contributed by atoms with Crippen molar-refractivity contribution in [2.45, 2.75) is 71.2 Å². The molecule has 1 aliphatic heterocycles. The molecule has 1 aliphatic rings. The van der Waals surface area contributed by atoms with E-state index < -0.39 is 47.5 Å². The van der Waals surface area contributed by atoms with E-state index >= 15 is 0 Å². The number of alkyl carbamates (subject to hydrolysis) is 1. The second-order valence-electron chi connectivity index (χ2n) is 8.78. The fourth-order valence-corrected chi connectivity index (χ4v) is 2.82. The second kappa shape index (κ2) is 9.19. The molecule has 11 nitrogen and oxygen atoms in total. The Hall–Kier alpha value is -2.72. The van der Waals surface area contributed by atoms with Gasteiger partial charge in [-0.25, -0.2) is 19.2 Å². The number of carbonyl (C=O) groups excluding carboxylic acids is 2. The van der Waals surface area contributed by atoms with E-state index in [1.54, 1.807) is 41.5 Å². The number of nitrogens with zero attached hydrogens (tertiary/aromatic N) is 2. The Morgan fingerprint density at radius 3 is 2.00 bits per heavy atom. The van der Waals surface area contributed by atoms with E-state index in [4.69, 9.17) is 9.47 Å². The number of rotatable bonds is 5. The van der Waals surface area contributed by atoms with E-state index in [1.807, 2.05) is 0 Å². The molecular weight excluding hydrogens is 386 g/mol. The zero-order valence-electron chi connectivity index (χ0n) is 17.7. The van der Waals surface area contributed by atoms with Gasteiger partial charge in [-0.05, 0) is 41.5 Å². The van der Waals surface area contributed by atoms with Gasteiger partial charge >= 0.3 is 24.2 Å². The molecule has 166 valence electrons. The normalized spacial score (nSPS) is 19.4. The molecule has 0 aromatic rings. The second-order valence-corrected chi connectivity index (χ2v) is 8.78. The summed E-state index contributed by atoms with van der Waals surface area (Å²) in [6, 6.07) is -1.97. The number of aliphatic carboxylic acids is 1. The highest BCUT2D eigenvalue weighted by Gasteiger charge is 2.44. The van der Waals surface area contributed by atoms with Crippen molar-refractivity contribution in [3.63, 3.8) is 0 Å². The van der Waals surface area contributed by atoms with Crippen molar-refractivity contribution in [2.24, 2.45) is 0 Å². The summed E-state index contributed by atoms with van der Waals surface area (Å²) in [6.07, 6.45) is -2.84. The molecule has 1 heterocycles. The van der Waals surface area contributed by atoms with E-state index in [2.05, 4.69) is 5.32 Å². The summed E-state index contributed by atoms with van der Waals surface area (Å²) in [5, 5.41) is 21.1. The first kappa shape index (κ1) is 24.3. The zero-order chi connectivity index (χ0) is 22.6. The molecule has 0 unspecified atom stereocenters. The molecule has 0 bridgehead atoms. The minimum atomic E-state index is -1.38. The third-order valence-corrected chi connectivity index (χ3v) is 3.90. The SMILES string of the molecule is CC(C)(C)OC(=O)NCCN(C(=O)OC(C)(C)C)[C@@H]1C[C@@H](C(=O)O)N(C(=O)O)C1. The molecule has 0 saturated carbocycles. The topological polar surface area (TPSA) is 146 Å². The number of hydrogen-bond acceptors (Lipinski definition) is 6. The quantitative estimate of drug-likeness (QED) is 0.615. The Bertz CT molecular complexity index is 616. The summed E-state index contributed by atoms with van der Waals surface area (Å²) in [4.78, 5) is 49.3. The van der Waals surface area contributed by atoms with Crippen LogP contribution in [0.25, 0.3) is 0 Å². The van der Waals surface area contributed by atoms with Gasteiger partial charge in [0, 0.05) is 26.1 Å². The van der Waals surface area contributed by atoms with Crippen LogP contribution < -0.4 is 5.32 Å². The third-order valence-electron chi connectivity index (χ3n) is 3.90. The highest BCUT2D eigenvalue weighted by Crippen LogP contribution is 2.24. The van der Waals surface area contributed by atoms with Crippen molar-refractivity contribution in [2.75, 3.05) is 19.6 Å². The molecule has 11 heteroatoms. The third kappa shape index (κ3) is 8.04. The van der Waals surface area contributed by atoms with Crippen LogP contribution in [-0.4, -0.2) is 87.2 Å². The van der Waals surface area contributed by atoms with Gasteiger partial charge in [0.25, 0.3) is 0 Å². The van der Waals surface area contributed by atoms with Gasteiger partial charge in [0.05, 0.1) is 6.04 Å². The highest BCUT2D eigenvalue weighted by molar-refractivity contribution is 5.80. The molecule has 0 radical (unpaired) electrons. The minimum Gasteiger partial charge on any atom is -0.480 e. The van der Waals surface area contributed by atoms with E-state index in [-0.39, 0.29) is 26.1 Å². The van der Waals surface area contributed by atoms with Gasteiger partial charge in [-0.1, -0.05) is 0 Å². The summed E-state index contributed by atoms with van der Waals surface area (Å²) < 4.78 is 10.5. The van der Waals surface area contributed by atoms with Gasteiger partial charge < -0.3 is 29.9 Å². The highest BCUT2D eigenvalue weighted by atomic mass is 16.6. The number of amides is 3. The summed E-state index contributed by atoms with van der Waals surface area (Å²) in [6.45, 7) is 10.0. The van der Waals surface area contributed by atoms with Crippen molar-refractivity contribution in [3.05, 3.63) is 0 Å². The largest absolute Gasteiger partial charge is 0.480 e. The van der Waals surface area contributed by atoms with Crippen LogP contribution in [0.4, 0.5) is 14.4 Å². The van der Waals surface area contributed by atoms with Crippen LogP contribution in [0.5, 0.6) is 0 Å². The monoisotopic (exact) mass is 417 g/mol. The number of hydrogen-bond donors (Lipinski definition) is 3. The predicted octanol–water partition coefficient (Wildman–Crippen LogP) is 1.95. The number of carbonyl (C=O) groups is 4. The van der Waals surface area contributed by atoms with E-state index in [1.165, 1.54) is 4.90 Å². The average molecular weight is 417 g/mol. The van der Waals surface area contributed by atoms with Gasteiger partial charge in [-0.15, -0.1) is 0 Å². The van der Waals surface area contributed by atoms with Gasteiger partial charge in [-0.3, -0.25) is 4.90 Å². The number of likely N-dealkylation sites (tertiary alicyclic amines) is 1. The van der Waals surface area contributed by atoms with Crippen LogP contribution >= 0.6 is 0 Å². The molecule has 0 aromatic heterocycles. The minimum absolute atomic E-state index is 0.00137. The van der Waals surface area contributed by atoms with Gasteiger partial charge in [-0.2, -0.15) is 0 Å². The van der Waals surface area contributed by atoms with Crippen molar-refractivity contribution in [3.8, 4) is 0 Å². The first-order chi connectivity index (χ1) is 13.1. The first-order valence-electron chi connectivity index (χ1n) is 9.29. The molecule has 3 amide bonds. The first-order valence-corrected chi connectivity index (χ1v) is 9.29. The molecule has 29 heavy (non-hydrogen) atoms. The summed E-state index contributed by atoms with van der Waals surface area (Å²) in [5.74, 6) is -1.29. The summed E-state index contributed by atoms with van der Waals surface area (Å²) >= 11 is 0. The zero-order valence-corrected chi connectivity index (χ0v) is 17.7. The molecule has 1 fully saturated rings. The van der Waals surface area contributed by atoms with Crippen LogP contribution in [0.1, 0.15) is 48.0 Å². The molecule has 1 saturated heterocycles. The van der Waals surface area contributed by atoms with Crippen LogP contribution in [-0.2, 0) is 14.3 Å². The Balaban J connectivity index is 2.89. The Morgan fingerprint density at radius 1 is 1.03 bits per heavy atom. The Labute approximate surface area is 169 Å². The van der Waals surface area contributed by atoms with Crippen molar-refractivity contribution in [1.82, 2.24) is 15.1 Å². The molecule has 0 aliphatic carbocycles. The van der Waals surface area contributed by atoms with Crippen molar-refractivity contribution in [1.29, 1.82) is 0 Å². The van der Waals surface area contributed by atoms with Crippen LogP contribution in [0.3, 0.4) is 0 Å². The van der Waals surface area contributed by atoms with Crippen LogP contribution in [0.15, 0.2) is 0 Å². The Morgan fingerprint density at radius 2 is 1.59 bits per heavy atom. The number of carboxylic acids is 1. The molecule has 1 rings (SSSR count). The molecular formula is C18H31N3O8. The fraction of sp³-hybridized carbons (Fsp3) is 0.778. The summed E-state index contributed by atoms with van der Waals surface area (Å²) in [7, 11) is 0. The number of ether oxygens (including phenoxy) is 2. The molecule has 2 atom stereocenters. The standard InChI is InChI=1S/C18H31N3O8/c1-17(2,3)28-14(24)19-7-8-20(16(27)29-18(4,5)6)11-9-12(13(22)23)21(10-11)15(25)26/h11-12H,7-10H2,1-6H3,(H,19,24)(H,22,23)(H,25,26)/t11-,12+/m1/s1. The predicted molar refractivity (Wildman–Crippen MR) is 102 cm³/mol.